The monoisotopic (exact) mass is 267 g/mol. The number of thiazole rings is 1. The van der Waals surface area contributed by atoms with Crippen molar-refractivity contribution in [2.24, 2.45) is 17.6 Å². The van der Waals surface area contributed by atoms with Gasteiger partial charge in [0.05, 0.1) is 11.6 Å². The van der Waals surface area contributed by atoms with Gasteiger partial charge in [-0.3, -0.25) is 4.79 Å². The number of rotatable bonds is 4. The molecule has 2 atom stereocenters. The number of hydrogen-bond acceptors (Lipinski definition) is 4. The zero-order valence-electron chi connectivity index (χ0n) is 11.1. The van der Waals surface area contributed by atoms with Gasteiger partial charge >= 0.3 is 0 Å². The Hall–Kier alpha value is -0.940. The SMILES string of the molecule is Cc1ncc(CN(C)C(=O)[C@@H]2CCC[C@@H]2CN)s1. The Morgan fingerprint density at radius 2 is 2.39 bits per heavy atom. The van der Waals surface area contributed by atoms with Crippen molar-refractivity contribution in [3.8, 4) is 0 Å². The molecule has 0 aliphatic heterocycles. The van der Waals surface area contributed by atoms with Crippen molar-refractivity contribution in [3.63, 3.8) is 0 Å². The molecule has 5 heteroatoms. The Labute approximate surface area is 112 Å². The van der Waals surface area contributed by atoms with Gasteiger partial charge in [0.15, 0.2) is 0 Å². The summed E-state index contributed by atoms with van der Waals surface area (Å²) in [5, 5.41) is 1.05. The Morgan fingerprint density at radius 1 is 1.61 bits per heavy atom. The molecule has 0 saturated heterocycles. The van der Waals surface area contributed by atoms with E-state index in [0.29, 0.717) is 19.0 Å². The standard InChI is InChI=1S/C13H21N3OS/c1-9-15-7-11(18-9)8-16(2)13(17)12-5-3-4-10(12)6-14/h7,10,12H,3-6,8,14H2,1-2H3/t10-,12-/m1/s1. The second-order valence-electron chi connectivity index (χ2n) is 5.07. The van der Waals surface area contributed by atoms with Gasteiger partial charge in [-0.1, -0.05) is 6.42 Å². The van der Waals surface area contributed by atoms with Gasteiger partial charge in [-0.05, 0) is 32.2 Å². The van der Waals surface area contributed by atoms with E-state index in [1.54, 1.807) is 11.3 Å². The molecule has 1 amide bonds. The number of carbonyl (C=O) groups is 1. The molecule has 0 aromatic carbocycles. The zero-order valence-corrected chi connectivity index (χ0v) is 11.9. The fourth-order valence-corrected chi connectivity index (χ4v) is 3.57. The summed E-state index contributed by atoms with van der Waals surface area (Å²) in [5.74, 6) is 0.756. The molecule has 0 bridgehead atoms. The van der Waals surface area contributed by atoms with Crippen LogP contribution in [0.25, 0.3) is 0 Å². The molecule has 1 saturated carbocycles. The van der Waals surface area contributed by atoms with Crippen molar-refractivity contribution in [1.29, 1.82) is 0 Å². The molecule has 100 valence electrons. The third-order valence-electron chi connectivity index (χ3n) is 3.72. The topological polar surface area (TPSA) is 59.2 Å². The fraction of sp³-hybridized carbons (Fsp3) is 0.692. The number of nitrogens with zero attached hydrogens (tertiary/aromatic N) is 2. The summed E-state index contributed by atoms with van der Waals surface area (Å²) in [6.07, 6.45) is 5.08. The van der Waals surface area contributed by atoms with Crippen LogP contribution < -0.4 is 5.73 Å². The summed E-state index contributed by atoms with van der Waals surface area (Å²) in [6, 6.07) is 0. The van der Waals surface area contributed by atoms with E-state index in [1.165, 1.54) is 0 Å². The molecule has 18 heavy (non-hydrogen) atoms. The minimum atomic E-state index is 0.133. The van der Waals surface area contributed by atoms with Crippen molar-refractivity contribution >= 4 is 17.2 Å². The second kappa shape index (κ2) is 5.80. The molecular formula is C13H21N3OS. The quantitative estimate of drug-likeness (QED) is 0.904. The minimum absolute atomic E-state index is 0.133. The van der Waals surface area contributed by atoms with Gasteiger partial charge in [-0.2, -0.15) is 0 Å². The normalized spacial score (nSPS) is 23.3. The highest BCUT2D eigenvalue weighted by molar-refractivity contribution is 7.11. The summed E-state index contributed by atoms with van der Waals surface area (Å²) in [7, 11) is 1.88. The van der Waals surface area contributed by atoms with Gasteiger partial charge in [0.1, 0.15) is 0 Å². The third-order valence-corrected chi connectivity index (χ3v) is 4.61. The molecule has 4 nitrogen and oxygen atoms in total. The van der Waals surface area contributed by atoms with Crippen LogP contribution in [-0.2, 0) is 11.3 Å². The Kier molecular flexibility index (Phi) is 4.35. The highest BCUT2D eigenvalue weighted by Gasteiger charge is 2.33. The molecule has 0 spiro atoms. The number of aryl methyl sites for hydroxylation is 1. The minimum Gasteiger partial charge on any atom is -0.340 e. The van der Waals surface area contributed by atoms with E-state index in [4.69, 9.17) is 5.73 Å². The molecule has 1 heterocycles. The number of nitrogens with two attached hydrogens (primary N) is 1. The molecule has 1 aromatic heterocycles. The van der Waals surface area contributed by atoms with E-state index in [-0.39, 0.29) is 11.8 Å². The van der Waals surface area contributed by atoms with Crippen LogP contribution in [0.4, 0.5) is 0 Å². The Morgan fingerprint density at radius 3 is 3.00 bits per heavy atom. The smallest absolute Gasteiger partial charge is 0.226 e. The molecule has 1 aliphatic carbocycles. The third kappa shape index (κ3) is 2.90. The molecule has 0 unspecified atom stereocenters. The summed E-state index contributed by atoms with van der Waals surface area (Å²) < 4.78 is 0. The lowest BCUT2D eigenvalue weighted by Crippen LogP contribution is -2.36. The average molecular weight is 267 g/mol. The van der Waals surface area contributed by atoms with E-state index in [0.717, 1.165) is 29.1 Å². The Balaban J connectivity index is 1.96. The van der Waals surface area contributed by atoms with E-state index in [2.05, 4.69) is 4.98 Å². The first-order chi connectivity index (χ1) is 8.61. The first kappa shape index (κ1) is 13.5. The average Bonchev–Trinajstić information content (AvgIpc) is 2.96. The highest BCUT2D eigenvalue weighted by Crippen LogP contribution is 2.32. The number of aromatic nitrogens is 1. The van der Waals surface area contributed by atoms with Crippen LogP contribution in [0.5, 0.6) is 0 Å². The van der Waals surface area contributed by atoms with Crippen molar-refractivity contribution in [1.82, 2.24) is 9.88 Å². The summed E-state index contributed by atoms with van der Waals surface area (Å²) in [6.45, 7) is 3.28. The van der Waals surface area contributed by atoms with Crippen LogP contribution in [0.2, 0.25) is 0 Å². The van der Waals surface area contributed by atoms with E-state index in [9.17, 15) is 4.79 Å². The van der Waals surface area contributed by atoms with Crippen LogP contribution in [0.15, 0.2) is 6.20 Å². The van der Waals surface area contributed by atoms with Crippen molar-refractivity contribution in [2.45, 2.75) is 32.7 Å². The van der Waals surface area contributed by atoms with Crippen LogP contribution in [0.1, 0.15) is 29.1 Å². The fourth-order valence-electron chi connectivity index (χ4n) is 2.72. The van der Waals surface area contributed by atoms with E-state index >= 15 is 0 Å². The predicted molar refractivity (Wildman–Crippen MR) is 73.2 cm³/mol. The lowest BCUT2D eigenvalue weighted by molar-refractivity contribution is -0.135. The largest absolute Gasteiger partial charge is 0.340 e. The van der Waals surface area contributed by atoms with Gasteiger partial charge < -0.3 is 10.6 Å². The van der Waals surface area contributed by atoms with E-state index < -0.39 is 0 Å². The maximum Gasteiger partial charge on any atom is 0.226 e. The van der Waals surface area contributed by atoms with Crippen LogP contribution in [0.3, 0.4) is 0 Å². The van der Waals surface area contributed by atoms with Crippen LogP contribution >= 0.6 is 11.3 Å². The summed E-state index contributed by atoms with van der Waals surface area (Å²) in [4.78, 5) is 19.6. The predicted octanol–water partition coefficient (Wildman–Crippen LogP) is 1.78. The van der Waals surface area contributed by atoms with Crippen molar-refractivity contribution in [3.05, 3.63) is 16.1 Å². The van der Waals surface area contributed by atoms with Crippen LogP contribution in [-0.4, -0.2) is 29.4 Å². The number of amides is 1. The summed E-state index contributed by atoms with van der Waals surface area (Å²) >= 11 is 1.65. The molecule has 1 aliphatic rings. The Bertz CT molecular complexity index is 418. The maximum absolute atomic E-state index is 12.4. The molecule has 2 N–H and O–H groups in total. The zero-order chi connectivity index (χ0) is 13.1. The van der Waals surface area contributed by atoms with Gasteiger partial charge in [0.25, 0.3) is 0 Å². The van der Waals surface area contributed by atoms with Gasteiger partial charge in [0, 0.05) is 24.0 Å². The maximum atomic E-state index is 12.4. The molecular weight excluding hydrogens is 246 g/mol. The lowest BCUT2D eigenvalue weighted by atomic mass is 9.95. The number of hydrogen-bond donors (Lipinski definition) is 1. The summed E-state index contributed by atoms with van der Waals surface area (Å²) in [5.41, 5.74) is 5.74. The first-order valence-electron chi connectivity index (χ1n) is 6.48. The van der Waals surface area contributed by atoms with Crippen molar-refractivity contribution < 1.29 is 4.79 Å². The van der Waals surface area contributed by atoms with Crippen molar-refractivity contribution in [2.75, 3.05) is 13.6 Å². The number of carbonyl (C=O) groups excluding carboxylic acids is 1. The van der Waals surface area contributed by atoms with Gasteiger partial charge in [-0.15, -0.1) is 11.3 Å². The second-order valence-corrected chi connectivity index (χ2v) is 6.39. The van der Waals surface area contributed by atoms with Gasteiger partial charge in [0.2, 0.25) is 5.91 Å². The molecule has 0 radical (unpaired) electrons. The van der Waals surface area contributed by atoms with E-state index in [1.807, 2.05) is 25.1 Å². The highest BCUT2D eigenvalue weighted by atomic mass is 32.1. The lowest BCUT2D eigenvalue weighted by Gasteiger charge is -2.24. The first-order valence-corrected chi connectivity index (χ1v) is 7.29. The molecule has 1 fully saturated rings. The van der Waals surface area contributed by atoms with Gasteiger partial charge in [-0.25, -0.2) is 4.98 Å². The molecule has 2 rings (SSSR count). The van der Waals surface area contributed by atoms with Crippen LogP contribution in [0, 0.1) is 18.8 Å². The molecule has 1 aromatic rings.